The Hall–Kier alpha value is -4.03. The molecule has 0 saturated heterocycles. The van der Waals surface area contributed by atoms with E-state index in [0.717, 1.165) is 11.3 Å². The zero-order valence-electron chi connectivity index (χ0n) is 19.8. The first-order chi connectivity index (χ1) is 17.7. The average Bonchev–Trinajstić information content (AvgIpc) is 3.21. The fourth-order valence-electron chi connectivity index (χ4n) is 3.49. The van der Waals surface area contributed by atoms with E-state index in [1.807, 2.05) is 0 Å². The van der Waals surface area contributed by atoms with Crippen LogP contribution in [0.3, 0.4) is 0 Å². The maximum atomic E-state index is 14.6. The molecule has 1 heterocycles. The lowest BCUT2D eigenvalue weighted by Crippen LogP contribution is -2.23. The summed E-state index contributed by atoms with van der Waals surface area (Å²) >= 11 is 1.04. The molecule has 1 N–H and O–H groups in total. The molecule has 1 amide bonds. The highest BCUT2D eigenvalue weighted by molar-refractivity contribution is 7.92. The van der Waals surface area contributed by atoms with E-state index in [9.17, 15) is 22.4 Å². The van der Waals surface area contributed by atoms with E-state index < -0.39 is 27.7 Å². The number of rotatable bonds is 8. The summed E-state index contributed by atoms with van der Waals surface area (Å²) in [7, 11) is -2.45. The molecule has 0 aliphatic heterocycles. The number of para-hydroxylation sites is 1. The minimum absolute atomic E-state index is 0.0158. The molecule has 0 spiro atoms. The van der Waals surface area contributed by atoms with Crippen LogP contribution < -0.4 is 14.3 Å². The van der Waals surface area contributed by atoms with Crippen LogP contribution in [0.4, 0.5) is 10.1 Å². The Bertz CT molecular complexity index is 1640. The summed E-state index contributed by atoms with van der Waals surface area (Å²) in [4.78, 5) is 29.4. The van der Waals surface area contributed by atoms with Crippen LogP contribution in [0.2, 0.25) is 0 Å². The van der Waals surface area contributed by atoms with Crippen molar-refractivity contribution in [2.75, 3.05) is 18.4 Å². The van der Waals surface area contributed by atoms with Crippen LogP contribution in [0.25, 0.3) is 10.2 Å². The van der Waals surface area contributed by atoms with Gasteiger partial charge in [-0.05, 0) is 61.5 Å². The van der Waals surface area contributed by atoms with Gasteiger partial charge in [-0.15, -0.1) is 0 Å². The predicted octanol–water partition coefficient (Wildman–Crippen LogP) is 3.96. The Kier molecular flexibility index (Phi) is 7.69. The van der Waals surface area contributed by atoms with Crippen molar-refractivity contribution < 1.29 is 31.9 Å². The maximum Gasteiger partial charge on any atom is 0.326 e. The predicted molar refractivity (Wildman–Crippen MR) is 137 cm³/mol. The molecule has 12 heteroatoms. The van der Waals surface area contributed by atoms with Crippen molar-refractivity contribution in [3.05, 3.63) is 82.9 Å². The Labute approximate surface area is 215 Å². The molecule has 0 bridgehead atoms. The first-order valence-electron chi connectivity index (χ1n) is 11.0. The van der Waals surface area contributed by atoms with Crippen LogP contribution in [-0.4, -0.2) is 38.6 Å². The molecule has 4 rings (SSSR count). The fraction of sp³-hybridized carbons (Fsp3) is 0.160. The SMILES string of the molecule is CCOC(=O)Cn1c(=NC(=O)c2cccc(NS(=O)(=O)c3ccc(OC)cc3)c2)sc2cccc(F)c21. The number of esters is 1. The molecule has 0 aliphatic carbocycles. The number of carbonyl (C=O) groups excluding carboxylic acids is 2. The Balaban J connectivity index is 1.67. The summed E-state index contributed by atoms with van der Waals surface area (Å²) in [6.45, 7) is 1.47. The number of nitrogens with zero attached hydrogens (tertiary/aromatic N) is 2. The van der Waals surface area contributed by atoms with Crippen molar-refractivity contribution in [1.82, 2.24) is 4.57 Å². The van der Waals surface area contributed by atoms with Gasteiger partial charge in [0.15, 0.2) is 4.80 Å². The largest absolute Gasteiger partial charge is 0.497 e. The van der Waals surface area contributed by atoms with E-state index in [1.165, 1.54) is 72.3 Å². The highest BCUT2D eigenvalue weighted by Gasteiger charge is 2.17. The number of benzene rings is 3. The van der Waals surface area contributed by atoms with Gasteiger partial charge in [-0.1, -0.05) is 23.5 Å². The summed E-state index contributed by atoms with van der Waals surface area (Å²) in [5.41, 5.74) is 0.377. The first-order valence-corrected chi connectivity index (χ1v) is 13.3. The molecule has 0 radical (unpaired) electrons. The number of amides is 1. The van der Waals surface area contributed by atoms with E-state index in [0.29, 0.717) is 10.4 Å². The average molecular weight is 544 g/mol. The molecule has 0 unspecified atom stereocenters. The quantitative estimate of drug-likeness (QED) is 0.337. The number of fused-ring (bicyclic) bond motifs is 1. The summed E-state index contributed by atoms with van der Waals surface area (Å²) in [6, 6.07) is 16.1. The van der Waals surface area contributed by atoms with Gasteiger partial charge in [-0.3, -0.25) is 14.3 Å². The zero-order chi connectivity index (χ0) is 26.6. The van der Waals surface area contributed by atoms with Gasteiger partial charge >= 0.3 is 5.97 Å². The minimum Gasteiger partial charge on any atom is -0.497 e. The second kappa shape index (κ2) is 10.9. The molecule has 0 aliphatic rings. The molecule has 1 aromatic heterocycles. The van der Waals surface area contributed by atoms with Gasteiger partial charge in [0.1, 0.15) is 18.1 Å². The fourth-order valence-corrected chi connectivity index (χ4v) is 5.58. The van der Waals surface area contributed by atoms with Gasteiger partial charge in [-0.25, -0.2) is 12.8 Å². The molecular weight excluding hydrogens is 521 g/mol. The van der Waals surface area contributed by atoms with E-state index in [-0.39, 0.29) is 39.6 Å². The number of ether oxygens (including phenoxy) is 2. The van der Waals surface area contributed by atoms with Crippen LogP contribution in [0.15, 0.2) is 76.6 Å². The highest BCUT2D eigenvalue weighted by atomic mass is 32.2. The second-order valence-corrected chi connectivity index (χ2v) is 10.3. The lowest BCUT2D eigenvalue weighted by Gasteiger charge is -2.09. The zero-order valence-corrected chi connectivity index (χ0v) is 21.4. The van der Waals surface area contributed by atoms with Crippen molar-refractivity contribution in [1.29, 1.82) is 0 Å². The monoisotopic (exact) mass is 543 g/mol. The summed E-state index contributed by atoms with van der Waals surface area (Å²) < 4.78 is 54.4. The second-order valence-electron chi connectivity index (χ2n) is 7.64. The van der Waals surface area contributed by atoms with Crippen molar-refractivity contribution in [3.63, 3.8) is 0 Å². The van der Waals surface area contributed by atoms with Crippen LogP contribution in [-0.2, 0) is 26.1 Å². The molecule has 3 aromatic carbocycles. The van der Waals surface area contributed by atoms with Crippen molar-refractivity contribution >= 4 is 49.1 Å². The Morgan fingerprint density at radius 1 is 1.08 bits per heavy atom. The number of methoxy groups -OCH3 is 1. The number of anilines is 1. The van der Waals surface area contributed by atoms with Crippen molar-refractivity contribution in [2.45, 2.75) is 18.4 Å². The van der Waals surface area contributed by atoms with E-state index in [4.69, 9.17) is 9.47 Å². The van der Waals surface area contributed by atoms with Gasteiger partial charge in [0, 0.05) is 11.3 Å². The van der Waals surface area contributed by atoms with Crippen LogP contribution in [0, 0.1) is 5.82 Å². The third-order valence-electron chi connectivity index (χ3n) is 5.17. The molecule has 0 fully saturated rings. The number of halogens is 1. The van der Waals surface area contributed by atoms with E-state index >= 15 is 0 Å². The third-order valence-corrected chi connectivity index (χ3v) is 7.61. The Morgan fingerprint density at radius 2 is 1.81 bits per heavy atom. The van der Waals surface area contributed by atoms with Gasteiger partial charge in [0.05, 0.1) is 28.8 Å². The summed E-state index contributed by atoms with van der Waals surface area (Å²) in [5.74, 6) is -1.36. The normalized spacial score (nSPS) is 11.9. The smallest absolute Gasteiger partial charge is 0.326 e. The number of sulfonamides is 1. The number of aromatic nitrogens is 1. The number of thiazole rings is 1. The van der Waals surface area contributed by atoms with Crippen LogP contribution >= 0.6 is 11.3 Å². The van der Waals surface area contributed by atoms with Gasteiger partial charge in [-0.2, -0.15) is 4.99 Å². The van der Waals surface area contributed by atoms with Gasteiger partial charge in [0.25, 0.3) is 15.9 Å². The van der Waals surface area contributed by atoms with E-state index in [2.05, 4.69) is 9.71 Å². The molecule has 0 saturated carbocycles. The molecular formula is C25H22FN3O6S2. The van der Waals surface area contributed by atoms with Crippen molar-refractivity contribution in [2.24, 2.45) is 4.99 Å². The van der Waals surface area contributed by atoms with Gasteiger partial charge < -0.3 is 14.0 Å². The third kappa shape index (κ3) is 5.87. The number of carbonyl (C=O) groups is 2. The summed E-state index contributed by atoms with van der Waals surface area (Å²) in [6.07, 6.45) is 0. The van der Waals surface area contributed by atoms with Gasteiger partial charge in [0.2, 0.25) is 0 Å². The lowest BCUT2D eigenvalue weighted by molar-refractivity contribution is -0.143. The molecule has 9 nitrogen and oxygen atoms in total. The van der Waals surface area contributed by atoms with Crippen LogP contribution in [0.1, 0.15) is 17.3 Å². The molecule has 4 aromatic rings. The number of hydrogen-bond donors (Lipinski definition) is 1. The molecule has 37 heavy (non-hydrogen) atoms. The molecule has 192 valence electrons. The summed E-state index contributed by atoms with van der Waals surface area (Å²) in [5, 5.41) is 0. The lowest BCUT2D eigenvalue weighted by atomic mass is 10.2. The van der Waals surface area contributed by atoms with Crippen LogP contribution in [0.5, 0.6) is 5.75 Å². The minimum atomic E-state index is -3.93. The van der Waals surface area contributed by atoms with Crippen molar-refractivity contribution in [3.8, 4) is 5.75 Å². The first kappa shape index (κ1) is 26.0. The highest BCUT2D eigenvalue weighted by Crippen LogP contribution is 2.22. The Morgan fingerprint density at radius 3 is 2.51 bits per heavy atom. The number of nitrogens with one attached hydrogen (secondary N) is 1. The maximum absolute atomic E-state index is 14.6. The molecule has 0 atom stereocenters. The number of hydrogen-bond acceptors (Lipinski definition) is 7. The topological polar surface area (TPSA) is 116 Å². The van der Waals surface area contributed by atoms with E-state index in [1.54, 1.807) is 13.0 Å². The standard InChI is InChI=1S/C25H22FN3O6S2/c1-3-35-22(30)15-29-23-20(26)8-5-9-21(23)36-25(29)27-24(31)16-6-4-7-17(14-16)28-37(32,33)19-12-10-18(34-2)11-13-19/h4-14,28H,3,15H2,1-2H3.